The number of nitrogens with one attached hydrogen (secondary N) is 1. The fraction of sp³-hybridized carbons (Fsp3) is 0.143. The summed E-state index contributed by atoms with van der Waals surface area (Å²) in [6.07, 6.45) is 0. The summed E-state index contributed by atoms with van der Waals surface area (Å²) in [4.78, 5) is 0. The Labute approximate surface area is 125 Å². The van der Waals surface area contributed by atoms with Crippen molar-refractivity contribution in [1.29, 1.82) is 0 Å². The number of anilines is 1. The smallest absolute Gasteiger partial charge is 0.0467 e. The third kappa shape index (κ3) is 3.41. The maximum absolute atomic E-state index is 6.17. The van der Waals surface area contributed by atoms with Crippen LogP contribution in [0.3, 0.4) is 0 Å². The minimum atomic E-state index is 0.674. The summed E-state index contributed by atoms with van der Waals surface area (Å²) in [6, 6.07) is 11.7. The van der Waals surface area contributed by atoms with Crippen molar-refractivity contribution < 1.29 is 0 Å². The van der Waals surface area contributed by atoms with E-state index in [2.05, 4.69) is 21.2 Å². The molecule has 2 aromatic carbocycles. The van der Waals surface area contributed by atoms with E-state index >= 15 is 0 Å². The Morgan fingerprint density at radius 1 is 1.11 bits per heavy atom. The molecule has 0 aliphatic rings. The fourth-order valence-corrected chi connectivity index (χ4v) is 2.55. The maximum Gasteiger partial charge on any atom is 0.0467 e. The van der Waals surface area contributed by atoms with Gasteiger partial charge in [-0.05, 0) is 42.3 Å². The van der Waals surface area contributed by atoms with Crippen molar-refractivity contribution in [2.24, 2.45) is 0 Å². The summed E-state index contributed by atoms with van der Waals surface area (Å²) in [6.45, 7) is 2.72. The second-order valence-corrected chi connectivity index (χ2v) is 5.81. The van der Waals surface area contributed by atoms with Gasteiger partial charge in [-0.1, -0.05) is 51.3 Å². The quantitative estimate of drug-likeness (QED) is 0.755. The average Bonchev–Trinajstić information content (AvgIpc) is 2.32. The first-order valence-corrected chi connectivity index (χ1v) is 7.05. The van der Waals surface area contributed by atoms with E-state index in [1.165, 1.54) is 0 Å². The molecule has 0 heterocycles. The first kappa shape index (κ1) is 13.7. The van der Waals surface area contributed by atoms with E-state index in [1.54, 1.807) is 0 Å². The Kier molecular flexibility index (Phi) is 4.55. The van der Waals surface area contributed by atoms with Crippen molar-refractivity contribution in [1.82, 2.24) is 0 Å². The highest BCUT2D eigenvalue weighted by atomic mass is 79.9. The van der Waals surface area contributed by atoms with Crippen LogP contribution in [-0.4, -0.2) is 0 Å². The molecule has 0 fully saturated rings. The first-order valence-electron chi connectivity index (χ1n) is 5.50. The fourth-order valence-electron chi connectivity index (χ4n) is 1.64. The summed E-state index contributed by atoms with van der Waals surface area (Å²) < 4.78 is 0.982. The predicted octanol–water partition coefficient (Wildman–Crippen LogP) is 5.68. The number of aryl methyl sites for hydroxylation is 1. The Morgan fingerprint density at radius 3 is 2.61 bits per heavy atom. The van der Waals surface area contributed by atoms with Crippen LogP contribution in [0.25, 0.3) is 0 Å². The zero-order valence-corrected chi connectivity index (χ0v) is 12.9. The molecule has 0 aliphatic carbocycles. The lowest BCUT2D eigenvalue weighted by Crippen LogP contribution is -2.01. The molecule has 94 valence electrons. The third-order valence-corrected chi connectivity index (χ3v) is 3.76. The van der Waals surface area contributed by atoms with Crippen LogP contribution in [0.15, 0.2) is 40.9 Å². The van der Waals surface area contributed by atoms with E-state index in [4.69, 9.17) is 23.2 Å². The van der Waals surface area contributed by atoms with E-state index in [9.17, 15) is 0 Å². The van der Waals surface area contributed by atoms with Crippen molar-refractivity contribution >= 4 is 44.8 Å². The van der Waals surface area contributed by atoms with Crippen LogP contribution in [0.5, 0.6) is 0 Å². The summed E-state index contributed by atoms with van der Waals surface area (Å²) in [7, 11) is 0. The topological polar surface area (TPSA) is 12.0 Å². The Bertz CT molecular complexity index is 570. The molecule has 0 unspecified atom stereocenters. The van der Waals surface area contributed by atoms with Crippen molar-refractivity contribution in [3.63, 3.8) is 0 Å². The van der Waals surface area contributed by atoms with Crippen LogP contribution in [0, 0.1) is 6.92 Å². The van der Waals surface area contributed by atoms with Gasteiger partial charge in [0.2, 0.25) is 0 Å². The Hall–Kier alpha value is -0.700. The van der Waals surface area contributed by atoms with Crippen molar-refractivity contribution in [2.45, 2.75) is 13.5 Å². The summed E-state index contributed by atoms with van der Waals surface area (Å²) in [5.41, 5.74) is 3.24. The third-order valence-electron chi connectivity index (χ3n) is 2.68. The molecule has 1 N–H and O–H groups in total. The van der Waals surface area contributed by atoms with Gasteiger partial charge < -0.3 is 5.32 Å². The van der Waals surface area contributed by atoms with Crippen LogP contribution in [0.1, 0.15) is 11.1 Å². The molecule has 0 atom stereocenters. The molecular weight excluding hydrogens is 333 g/mol. The normalized spacial score (nSPS) is 10.4. The molecule has 0 spiro atoms. The molecule has 4 heteroatoms. The summed E-state index contributed by atoms with van der Waals surface area (Å²) in [5, 5.41) is 4.82. The summed E-state index contributed by atoms with van der Waals surface area (Å²) >= 11 is 15.5. The predicted molar refractivity (Wildman–Crippen MR) is 82.7 cm³/mol. The van der Waals surface area contributed by atoms with E-state index in [1.807, 2.05) is 43.3 Å². The van der Waals surface area contributed by atoms with Crippen molar-refractivity contribution in [3.8, 4) is 0 Å². The van der Waals surface area contributed by atoms with Gasteiger partial charge in [-0.2, -0.15) is 0 Å². The van der Waals surface area contributed by atoms with Gasteiger partial charge >= 0.3 is 0 Å². The van der Waals surface area contributed by atoms with Crippen LogP contribution >= 0.6 is 39.1 Å². The minimum Gasteiger partial charge on any atom is -0.381 e. The molecule has 2 aromatic rings. The SMILES string of the molecule is Cc1ccc(Cl)cc1NCc1ccc(Br)cc1Cl. The van der Waals surface area contributed by atoms with Crippen molar-refractivity contribution in [2.75, 3.05) is 5.32 Å². The van der Waals surface area contributed by atoms with Gasteiger partial charge in [-0.25, -0.2) is 0 Å². The van der Waals surface area contributed by atoms with Crippen molar-refractivity contribution in [3.05, 3.63) is 62.0 Å². The van der Waals surface area contributed by atoms with Gasteiger partial charge in [-0.3, -0.25) is 0 Å². The molecule has 0 amide bonds. The lowest BCUT2D eigenvalue weighted by atomic mass is 10.2. The van der Waals surface area contributed by atoms with E-state index in [0.717, 1.165) is 31.3 Å². The van der Waals surface area contributed by atoms with Crippen LogP contribution < -0.4 is 5.32 Å². The maximum atomic E-state index is 6.17. The standard InChI is InChI=1S/C14H12BrCl2N/c1-9-2-5-12(16)7-14(9)18-8-10-3-4-11(15)6-13(10)17/h2-7,18H,8H2,1H3. The Morgan fingerprint density at radius 2 is 1.89 bits per heavy atom. The molecule has 0 saturated heterocycles. The van der Waals surface area contributed by atoms with Gasteiger partial charge in [0.1, 0.15) is 0 Å². The highest BCUT2D eigenvalue weighted by Crippen LogP contribution is 2.24. The highest BCUT2D eigenvalue weighted by Gasteiger charge is 2.03. The molecule has 0 bridgehead atoms. The molecule has 0 aromatic heterocycles. The molecule has 18 heavy (non-hydrogen) atoms. The molecule has 2 rings (SSSR count). The zero-order valence-electron chi connectivity index (χ0n) is 9.81. The molecule has 0 saturated carbocycles. The highest BCUT2D eigenvalue weighted by molar-refractivity contribution is 9.10. The lowest BCUT2D eigenvalue weighted by Gasteiger charge is -2.11. The number of halogens is 3. The zero-order chi connectivity index (χ0) is 13.1. The Balaban J connectivity index is 2.13. The number of hydrogen-bond donors (Lipinski definition) is 1. The van der Waals surface area contributed by atoms with Crippen LogP contribution in [0.4, 0.5) is 5.69 Å². The minimum absolute atomic E-state index is 0.674. The van der Waals surface area contributed by atoms with Gasteiger partial charge in [0.15, 0.2) is 0 Å². The summed E-state index contributed by atoms with van der Waals surface area (Å²) in [5.74, 6) is 0. The molecular formula is C14H12BrCl2N. The molecule has 0 radical (unpaired) electrons. The largest absolute Gasteiger partial charge is 0.381 e. The van der Waals surface area contributed by atoms with Crippen LogP contribution in [0.2, 0.25) is 10.0 Å². The van der Waals surface area contributed by atoms with E-state index in [0.29, 0.717) is 6.54 Å². The second-order valence-electron chi connectivity index (χ2n) is 4.05. The number of rotatable bonds is 3. The number of benzene rings is 2. The van der Waals surface area contributed by atoms with E-state index in [-0.39, 0.29) is 0 Å². The van der Waals surface area contributed by atoms with Crippen LogP contribution in [-0.2, 0) is 6.54 Å². The molecule has 1 nitrogen and oxygen atoms in total. The second kappa shape index (κ2) is 5.96. The van der Waals surface area contributed by atoms with Gasteiger partial charge in [-0.15, -0.1) is 0 Å². The molecule has 0 aliphatic heterocycles. The lowest BCUT2D eigenvalue weighted by molar-refractivity contribution is 1.14. The van der Waals surface area contributed by atoms with Gasteiger partial charge in [0.05, 0.1) is 0 Å². The van der Waals surface area contributed by atoms with E-state index < -0.39 is 0 Å². The monoisotopic (exact) mass is 343 g/mol. The van der Waals surface area contributed by atoms with Gasteiger partial charge in [0.25, 0.3) is 0 Å². The number of hydrogen-bond acceptors (Lipinski definition) is 1. The first-order chi connectivity index (χ1) is 8.56. The van der Waals surface area contributed by atoms with Gasteiger partial charge in [0, 0.05) is 26.8 Å². The average molecular weight is 345 g/mol.